The van der Waals surface area contributed by atoms with E-state index in [-0.39, 0.29) is 5.56 Å². The molecule has 6 nitrogen and oxygen atoms in total. The molecule has 3 N–H and O–H groups in total. The molecule has 0 saturated heterocycles. The first-order valence-corrected chi connectivity index (χ1v) is 7.85. The van der Waals surface area contributed by atoms with Crippen molar-refractivity contribution >= 4 is 44.9 Å². The molecule has 0 aliphatic rings. The van der Waals surface area contributed by atoms with Crippen molar-refractivity contribution < 1.29 is 9.90 Å². The van der Waals surface area contributed by atoms with E-state index in [1.165, 1.54) is 12.4 Å². The lowest BCUT2D eigenvalue weighted by Crippen LogP contribution is -2.04. The largest absolute Gasteiger partial charge is 0.478 e. The normalized spacial score (nSPS) is 10.2. The molecule has 2 aromatic carbocycles. The first-order chi connectivity index (χ1) is 11.6. The van der Waals surface area contributed by atoms with Gasteiger partial charge in [-0.1, -0.05) is 28.1 Å². The summed E-state index contributed by atoms with van der Waals surface area (Å²) in [6.07, 6.45) is 1.41. The van der Waals surface area contributed by atoms with Gasteiger partial charge in [0, 0.05) is 16.2 Å². The number of para-hydroxylation sites is 1. The van der Waals surface area contributed by atoms with E-state index in [9.17, 15) is 9.90 Å². The summed E-state index contributed by atoms with van der Waals surface area (Å²) in [6, 6.07) is 16.0. The van der Waals surface area contributed by atoms with Gasteiger partial charge in [0.1, 0.15) is 18.0 Å². The van der Waals surface area contributed by atoms with Crippen LogP contribution in [-0.4, -0.2) is 21.0 Å². The van der Waals surface area contributed by atoms with Crippen molar-refractivity contribution in [3.05, 3.63) is 71.0 Å². The van der Waals surface area contributed by atoms with Crippen LogP contribution in [-0.2, 0) is 0 Å². The summed E-state index contributed by atoms with van der Waals surface area (Å²) in [4.78, 5) is 19.6. The van der Waals surface area contributed by atoms with E-state index in [4.69, 9.17) is 0 Å². The molecule has 0 radical (unpaired) electrons. The third-order valence-corrected chi connectivity index (χ3v) is 3.73. The van der Waals surface area contributed by atoms with Crippen LogP contribution >= 0.6 is 15.9 Å². The predicted octanol–water partition coefficient (Wildman–Crippen LogP) is 4.42. The molecule has 0 atom stereocenters. The Morgan fingerprint density at radius 2 is 1.62 bits per heavy atom. The number of rotatable bonds is 5. The number of halogens is 1. The van der Waals surface area contributed by atoms with Gasteiger partial charge in [-0.3, -0.25) is 0 Å². The summed E-state index contributed by atoms with van der Waals surface area (Å²) in [5, 5.41) is 15.4. The molecule has 3 rings (SSSR count). The van der Waals surface area contributed by atoms with Crippen molar-refractivity contribution in [3.8, 4) is 0 Å². The van der Waals surface area contributed by atoms with Gasteiger partial charge in [0.2, 0.25) is 0 Å². The van der Waals surface area contributed by atoms with E-state index in [0.29, 0.717) is 17.3 Å². The molecule has 0 amide bonds. The lowest BCUT2D eigenvalue weighted by Gasteiger charge is -2.10. The Morgan fingerprint density at radius 3 is 2.33 bits per heavy atom. The van der Waals surface area contributed by atoms with Crippen LogP contribution in [0.3, 0.4) is 0 Å². The minimum atomic E-state index is -1.000. The molecule has 0 unspecified atom stereocenters. The third-order valence-electron chi connectivity index (χ3n) is 3.20. The molecule has 0 saturated carbocycles. The van der Waals surface area contributed by atoms with Gasteiger partial charge in [-0.2, -0.15) is 0 Å². The van der Waals surface area contributed by atoms with Gasteiger partial charge in [0.25, 0.3) is 0 Å². The SMILES string of the molecule is O=C(O)c1ccccc1Nc1cc(Nc2ccc(Br)cc2)ncn1. The van der Waals surface area contributed by atoms with Crippen molar-refractivity contribution in [2.45, 2.75) is 0 Å². The van der Waals surface area contributed by atoms with Crippen molar-refractivity contribution in [2.24, 2.45) is 0 Å². The number of aromatic nitrogens is 2. The number of anilines is 4. The average Bonchev–Trinajstić information content (AvgIpc) is 2.58. The van der Waals surface area contributed by atoms with Crippen LogP contribution in [0.1, 0.15) is 10.4 Å². The van der Waals surface area contributed by atoms with Gasteiger partial charge in [0.05, 0.1) is 11.3 Å². The highest BCUT2D eigenvalue weighted by Gasteiger charge is 2.09. The molecule has 24 heavy (non-hydrogen) atoms. The summed E-state index contributed by atoms with van der Waals surface area (Å²) >= 11 is 3.39. The molecule has 0 aliphatic heterocycles. The Kier molecular flexibility index (Phi) is 4.72. The second-order valence-corrected chi connectivity index (χ2v) is 5.81. The first kappa shape index (κ1) is 15.9. The van der Waals surface area contributed by atoms with E-state index >= 15 is 0 Å². The minimum Gasteiger partial charge on any atom is -0.478 e. The lowest BCUT2D eigenvalue weighted by molar-refractivity contribution is 0.0698. The molecule has 120 valence electrons. The smallest absolute Gasteiger partial charge is 0.337 e. The van der Waals surface area contributed by atoms with Gasteiger partial charge in [-0.05, 0) is 36.4 Å². The number of carboxylic acid groups (broad SMARTS) is 1. The topological polar surface area (TPSA) is 87.1 Å². The van der Waals surface area contributed by atoms with Crippen molar-refractivity contribution in [2.75, 3.05) is 10.6 Å². The first-order valence-electron chi connectivity index (χ1n) is 7.06. The molecule has 0 aliphatic carbocycles. The lowest BCUT2D eigenvalue weighted by atomic mass is 10.2. The fourth-order valence-electron chi connectivity index (χ4n) is 2.09. The second kappa shape index (κ2) is 7.10. The van der Waals surface area contributed by atoms with Crippen LogP contribution in [0.25, 0.3) is 0 Å². The molecule has 1 aromatic heterocycles. The van der Waals surface area contributed by atoms with Crippen LogP contribution in [0.2, 0.25) is 0 Å². The summed E-state index contributed by atoms with van der Waals surface area (Å²) < 4.78 is 0.989. The molecule has 0 fully saturated rings. The zero-order valence-corrected chi connectivity index (χ0v) is 14.0. The zero-order valence-electron chi connectivity index (χ0n) is 12.4. The molecule has 0 spiro atoms. The van der Waals surface area contributed by atoms with Gasteiger partial charge < -0.3 is 15.7 Å². The molecule has 0 bridgehead atoms. The van der Waals surface area contributed by atoms with Crippen molar-refractivity contribution in [1.29, 1.82) is 0 Å². The zero-order chi connectivity index (χ0) is 16.9. The standard InChI is InChI=1S/C17H13BrN4O2/c18-11-5-7-12(8-6-11)21-15-9-16(20-10-19-15)22-14-4-2-1-3-13(14)17(23)24/h1-10H,(H,23,24)(H2,19,20,21,22). The number of nitrogens with zero attached hydrogens (tertiary/aromatic N) is 2. The Bertz CT molecular complexity index is 868. The fourth-order valence-corrected chi connectivity index (χ4v) is 2.36. The van der Waals surface area contributed by atoms with Gasteiger partial charge in [0.15, 0.2) is 0 Å². The van der Waals surface area contributed by atoms with Crippen LogP contribution in [0.4, 0.5) is 23.0 Å². The van der Waals surface area contributed by atoms with E-state index in [1.54, 1.807) is 24.3 Å². The number of carboxylic acids is 1. The Labute approximate surface area is 146 Å². The van der Waals surface area contributed by atoms with Gasteiger partial charge in [-0.15, -0.1) is 0 Å². The van der Waals surface area contributed by atoms with E-state index in [2.05, 4.69) is 36.5 Å². The highest BCUT2D eigenvalue weighted by Crippen LogP contribution is 2.22. The van der Waals surface area contributed by atoms with Crippen molar-refractivity contribution in [1.82, 2.24) is 9.97 Å². The van der Waals surface area contributed by atoms with E-state index < -0.39 is 5.97 Å². The number of nitrogens with one attached hydrogen (secondary N) is 2. The average molecular weight is 385 g/mol. The quantitative estimate of drug-likeness (QED) is 0.603. The van der Waals surface area contributed by atoms with Crippen LogP contribution < -0.4 is 10.6 Å². The second-order valence-electron chi connectivity index (χ2n) is 4.90. The number of benzene rings is 2. The number of hydrogen-bond donors (Lipinski definition) is 3. The van der Waals surface area contributed by atoms with Crippen LogP contribution in [0, 0.1) is 0 Å². The maximum absolute atomic E-state index is 11.3. The van der Waals surface area contributed by atoms with Gasteiger partial charge in [-0.25, -0.2) is 14.8 Å². The minimum absolute atomic E-state index is 0.179. The van der Waals surface area contributed by atoms with E-state index in [1.807, 2.05) is 24.3 Å². The highest BCUT2D eigenvalue weighted by atomic mass is 79.9. The molecular formula is C17H13BrN4O2. The molecule has 3 aromatic rings. The molecule has 1 heterocycles. The molecular weight excluding hydrogens is 372 g/mol. The third kappa shape index (κ3) is 3.88. The molecule has 7 heteroatoms. The number of hydrogen-bond acceptors (Lipinski definition) is 5. The van der Waals surface area contributed by atoms with E-state index in [0.717, 1.165) is 10.2 Å². The maximum atomic E-state index is 11.3. The summed E-state index contributed by atoms with van der Waals surface area (Å²) in [6.45, 7) is 0. The Balaban J connectivity index is 1.81. The number of aromatic carboxylic acids is 1. The van der Waals surface area contributed by atoms with Crippen molar-refractivity contribution in [3.63, 3.8) is 0 Å². The predicted molar refractivity (Wildman–Crippen MR) is 96.1 cm³/mol. The maximum Gasteiger partial charge on any atom is 0.337 e. The fraction of sp³-hybridized carbons (Fsp3) is 0. The van der Waals surface area contributed by atoms with Crippen LogP contribution in [0.15, 0.2) is 65.4 Å². The number of carbonyl (C=O) groups is 1. The Hall–Kier alpha value is -2.93. The summed E-state index contributed by atoms with van der Waals surface area (Å²) in [7, 11) is 0. The monoisotopic (exact) mass is 384 g/mol. The highest BCUT2D eigenvalue weighted by molar-refractivity contribution is 9.10. The van der Waals surface area contributed by atoms with Gasteiger partial charge >= 0.3 is 5.97 Å². The summed E-state index contributed by atoms with van der Waals surface area (Å²) in [5.74, 6) is 0.0984. The summed E-state index contributed by atoms with van der Waals surface area (Å²) in [5.41, 5.74) is 1.53. The van der Waals surface area contributed by atoms with Crippen LogP contribution in [0.5, 0.6) is 0 Å². The Morgan fingerprint density at radius 1 is 0.958 bits per heavy atom.